The molecular formula is C17H17FN2OS2. The van der Waals surface area contributed by atoms with Crippen molar-refractivity contribution in [3.8, 4) is 16.3 Å². The van der Waals surface area contributed by atoms with Gasteiger partial charge < -0.3 is 4.74 Å². The number of hydrogen-bond donors (Lipinski definition) is 0. The highest BCUT2D eigenvalue weighted by Gasteiger charge is 2.16. The minimum absolute atomic E-state index is 0.261. The van der Waals surface area contributed by atoms with Gasteiger partial charge in [0.05, 0.1) is 33.4 Å². The molecule has 0 saturated heterocycles. The van der Waals surface area contributed by atoms with E-state index in [-0.39, 0.29) is 5.82 Å². The van der Waals surface area contributed by atoms with E-state index in [1.54, 1.807) is 35.8 Å². The van der Waals surface area contributed by atoms with Gasteiger partial charge in [0.15, 0.2) is 0 Å². The van der Waals surface area contributed by atoms with Crippen LogP contribution in [0.3, 0.4) is 0 Å². The lowest BCUT2D eigenvalue weighted by molar-refractivity contribution is 0.409. The van der Waals surface area contributed by atoms with Gasteiger partial charge in [-0.3, -0.25) is 0 Å². The molecule has 6 heteroatoms. The van der Waals surface area contributed by atoms with Crippen LogP contribution in [0, 0.1) is 26.6 Å². The van der Waals surface area contributed by atoms with E-state index in [2.05, 4.69) is 11.9 Å². The van der Waals surface area contributed by atoms with Gasteiger partial charge in [-0.15, -0.1) is 22.7 Å². The Balaban J connectivity index is 1.96. The van der Waals surface area contributed by atoms with Crippen molar-refractivity contribution in [1.82, 2.24) is 9.97 Å². The summed E-state index contributed by atoms with van der Waals surface area (Å²) in [7, 11) is 1.60. The van der Waals surface area contributed by atoms with Gasteiger partial charge in [0.25, 0.3) is 0 Å². The molecule has 3 nitrogen and oxygen atoms in total. The number of aromatic nitrogens is 2. The Bertz CT molecular complexity index is 854. The zero-order valence-corrected chi connectivity index (χ0v) is 15.1. The van der Waals surface area contributed by atoms with Crippen LogP contribution in [-0.2, 0) is 6.42 Å². The van der Waals surface area contributed by atoms with Crippen molar-refractivity contribution in [2.24, 2.45) is 0 Å². The lowest BCUT2D eigenvalue weighted by Gasteiger charge is -2.06. The molecule has 3 rings (SSSR count). The Morgan fingerprint density at radius 1 is 1.13 bits per heavy atom. The van der Waals surface area contributed by atoms with Crippen LogP contribution in [0.2, 0.25) is 0 Å². The van der Waals surface area contributed by atoms with E-state index >= 15 is 0 Å². The highest BCUT2D eigenvalue weighted by molar-refractivity contribution is 7.16. The Morgan fingerprint density at radius 3 is 2.57 bits per heavy atom. The van der Waals surface area contributed by atoms with Gasteiger partial charge >= 0.3 is 0 Å². The van der Waals surface area contributed by atoms with E-state index in [9.17, 15) is 4.39 Å². The second-order valence-electron chi connectivity index (χ2n) is 5.29. The zero-order valence-electron chi connectivity index (χ0n) is 13.4. The first-order valence-electron chi connectivity index (χ1n) is 7.21. The van der Waals surface area contributed by atoms with E-state index in [1.807, 2.05) is 13.8 Å². The highest BCUT2D eigenvalue weighted by atomic mass is 32.1. The molecule has 0 fully saturated rings. The molecule has 1 aromatic carbocycles. The minimum atomic E-state index is -0.261. The number of thiazole rings is 2. The maximum absolute atomic E-state index is 13.5. The molecule has 120 valence electrons. The molecular weight excluding hydrogens is 331 g/mol. The fraction of sp³-hybridized carbons (Fsp3) is 0.294. The number of hydrogen-bond acceptors (Lipinski definition) is 5. The van der Waals surface area contributed by atoms with Gasteiger partial charge in [-0.1, -0.05) is 0 Å². The number of aryl methyl sites for hydroxylation is 3. The molecule has 0 radical (unpaired) electrons. The maximum Gasteiger partial charge on any atom is 0.123 e. The molecule has 2 heterocycles. The minimum Gasteiger partial charge on any atom is -0.496 e. The van der Waals surface area contributed by atoms with Crippen molar-refractivity contribution in [3.05, 3.63) is 50.2 Å². The molecule has 23 heavy (non-hydrogen) atoms. The van der Waals surface area contributed by atoms with Crippen molar-refractivity contribution in [2.75, 3.05) is 7.11 Å². The normalized spacial score (nSPS) is 11.0. The third kappa shape index (κ3) is 3.28. The van der Waals surface area contributed by atoms with Crippen molar-refractivity contribution < 1.29 is 9.13 Å². The molecule has 0 aliphatic heterocycles. The van der Waals surface area contributed by atoms with Crippen LogP contribution in [0.1, 0.15) is 26.1 Å². The van der Waals surface area contributed by atoms with Crippen LogP contribution in [0.15, 0.2) is 18.2 Å². The third-order valence-electron chi connectivity index (χ3n) is 3.54. The summed E-state index contributed by atoms with van der Waals surface area (Å²) in [5.41, 5.74) is 2.81. The first-order valence-corrected chi connectivity index (χ1v) is 8.84. The Morgan fingerprint density at radius 2 is 1.91 bits per heavy atom. The van der Waals surface area contributed by atoms with Crippen LogP contribution in [0.25, 0.3) is 10.6 Å². The number of methoxy groups -OCH3 is 1. The molecule has 0 unspecified atom stereocenters. The first kappa shape index (κ1) is 16.1. The summed E-state index contributed by atoms with van der Waals surface area (Å²) in [4.78, 5) is 11.5. The van der Waals surface area contributed by atoms with E-state index in [4.69, 9.17) is 9.72 Å². The zero-order chi connectivity index (χ0) is 16.6. The molecule has 0 amide bonds. The monoisotopic (exact) mass is 348 g/mol. The number of nitrogens with zero attached hydrogens (tertiary/aromatic N) is 2. The highest BCUT2D eigenvalue weighted by Crippen LogP contribution is 2.35. The van der Waals surface area contributed by atoms with Crippen LogP contribution in [-0.4, -0.2) is 17.1 Å². The van der Waals surface area contributed by atoms with Crippen LogP contribution in [0.5, 0.6) is 5.75 Å². The Kier molecular flexibility index (Phi) is 4.46. The average molecular weight is 348 g/mol. The van der Waals surface area contributed by atoms with Crippen molar-refractivity contribution in [2.45, 2.75) is 27.2 Å². The topological polar surface area (TPSA) is 35.0 Å². The predicted octanol–water partition coefficient (Wildman–Crippen LogP) is 4.93. The van der Waals surface area contributed by atoms with E-state index < -0.39 is 0 Å². The number of benzene rings is 1. The SMILES string of the molecule is COc1ccc(F)cc1Cc1nc(-c2sc(C)nc2C)c(C)s1. The first-order chi connectivity index (χ1) is 11.0. The fourth-order valence-corrected chi connectivity index (χ4v) is 4.53. The molecule has 0 bridgehead atoms. The van der Waals surface area contributed by atoms with E-state index in [0.29, 0.717) is 12.2 Å². The van der Waals surface area contributed by atoms with Gasteiger partial charge in [0, 0.05) is 16.9 Å². The van der Waals surface area contributed by atoms with Crippen molar-refractivity contribution in [1.29, 1.82) is 0 Å². The standard InChI is InChI=1S/C17H17FN2OS2/c1-9-17(23-11(3)19-9)16-10(2)22-15(20-16)8-12-7-13(18)5-6-14(12)21-4/h5-7H,8H2,1-4H3. The molecule has 3 aromatic rings. The quantitative estimate of drug-likeness (QED) is 0.670. The summed E-state index contributed by atoms with van der Waals surface area (Å²) in [5.74, 6) is 0.425. The summed E-state index contributed by atoms with van der Waals surface area (Å²) in [5, 5.41) is 1.99. The maximum atomic E-state index is 13.5. The molecule has 0 aliphatic rings. The van der Waals surface area contributed by atoms with Crippen LogP contribution < -0.4 is 4.74 Å². The summed E-state index contributed by atoms with van der Waals surface area (Å²) in [6.45, 7) is 6.07. The van der Waals surface area contributed by atoms with E-state index in [0.717, 1.165) is 36.7 Å². The molecule has 0 aliphatic carbocycles. The van der Waals surface area contributed by atoms with Gasteiger partial charge in [-0.25, -0.2) is 14.4 Å². The summed E-state index contributed by atoms with van der Waals surface area (Å²) >= 11 is 3.30. The summed E-state index contributed by atoms with van der Waals surface area (Å²) in [6.07, 6.45) is 0.559. The lowest BCUT2D eigenvalue weighted by atomic mass is 10.1. The van der Waals surface area contributed by atoms with Crippen LogP contribution in [0.4, 0.5) is 4.39 Å². The molecule has 2 aromatic heterocycles. The second kappa shape index (κ2) is 6.37. The van der Waals surface area contributed by atoms with Crippen molar-refractivity contribution >= 4 is 22.7 Å². The smallest absolute Gasteiger partial charge is 0.123 e. The summed E-state index contributed by atoms with van der Waals surface area (Å²) < 4.78 is 18.8. The Hall–Kier alpha value is -1.79. The second-order valence-corrected chi connectivity index (χ2v) is 7.78. The van der Waals surface area contributed by atoms with Gasteiger partial charge in [-0.2, -0.15) is 0 Å². The molecule has 0 saturated carbocycles. The fourth-order valence-electron chi connectivity index (χ4n) is 2.54. The average Bonchev–Trinajstić information content (AvgIpc) is 3.01. The summed E-state index contributed by atoms with van der Waals surface area (Å²) in [6, 6.07) is 4.57. The Labute approximate surface area is 142 Å². The van der Waals surface area contributed by atoms with Gasteiger partial charge in [0.2, 0.25) is 0 Å². The van der Waals surface area contributed by atoms with Gasteiger partial charge in [-0.05, 0) is 39.0 Å². The molecule has 0 atom stereocenters. The van der Waals surface area contributed by atoms with Crippen LogP contribution >= 0.6 is 22.7 Å². The largest absolute Gasteiger partial charge is 0.496 e. The number of rotatable bonds is 4. The third-order valence-corrected chi connectivity index (χ3v) is 5.59. The van der Waals surface area contributed by atoms with Crippen molar-refractivity contribution in [3.63, 3.8) is 0 Å². The number of halogens is 1. The number of ether oxygens (including phenoxy) is 1. The molecule has 0 N–H and O–H groups in total. The van der Waals surface area contributed by atoms with Gasteiger partial charge in [0.1, 0.15) is 11.6 Å². The van der Waals surface area contributed by atoms with E-state index in [1.165, 1.54) is 12.1 Å². The molecule has 0 spiro atoms. The lowest BCUT2D eigenvalue weighted by Crippen LogP contribution is -1.94. The predicted molar refractivity (Wildman–Crippen MR) is 93.2 cm³/mol.